The monoisotopic (exact) mass is 410 g/mol. The van der Waals surface area contributed by atoms with Crippen molar-refractivity contribution in [2.45, 2.75) is 39.8 Å². The van der Waals surface area contributed by atoms with E-state index in [1.807, 2.05) is 33.0 Å². The molecule has 1 amide bonds. The van der Waals surface area contributed by atoms with Gasteiger partial charge in [-0.2, -0.15) is 0 Å². The van der Waals surface area contributed by atoms with Gasteiger partial charge in [-0.25, -0.2) is 0 Å². The SMILES string of the molecule is CCNC(=O)c1noc(-c2cc(C(C)C)c(O)cc2O)c1-c1cc2n(c1)CCNC2. The summed E-state index contributed by atoms with van der Waals surface area (Å²) in [7, 11) is 0. The van der Waals surface area contributed by atoms with Gasteiger partial charge >= 0.3 is 0 Å². The van der Waals surface area contributed by atoms with Crippen molar-refractivity contribution in [2.24, 2.45) is 0 Å². The van der Waals surface area contributed by atoms with Crippen LogP contribution in [-0.2, 0) is 13.1 Å². The lowest BCUT2D eigenvalue weighted by Crippen LogP contribution is -2.27. The van der Waals surface area contributed by atoms with Gasteiger partial charge in [-0.3, -0.25) is 4.79 Å². The van der Waals surface area contributed by atoms with Crippen molar-refractivity contribution in [3.05, 3.63) is 41.3 Å². The van der Waals surface area contributed by atoms with Crippen molar-refractivity contribution in [2.75, 3.05) is 13.1 Å². The zero-order valence-electron chi connectivity index (χ0n) is 17.3. The molecule has 8 heteroatoms. The molecule has 0 atom stereocenters. The Bertz CT molecular complexity index is 1070. The highest BCUT2D eigenvalue weighted by Crippen LogP contribution is 2.43. The highest BCUT2D eigenvalue weighted by atomic mass is 16.5. The van der Waals surface area contributed by atoms with Crippen molar-refractivity contribution in [1.29, 1.82) is 0 Å². The molecule has 3 heterocycles. The molecule has 3 aromatic rings. The number of carbonyl (C=O) groups is 1. The van der Waals surface area contributed by atoms with Crippen LogP contribution in [0.2, 0.25) is 0 Å². The fourth-order valence-electron chi connectivity index (χ4n) is 3.84. The number of nitrogens with zero attached hydrogens (tertiary/aromatic N) is 2. The Morgan fingerprint density at radius 1 is 1.30 bits per heavy atom. The number of nitrogens with one attached hydrogen (secondary N) is 2. The number of carbonyl (C=O) groups excluding carboxylic acids is 1. The first kappa shape index (κ1) is 20.0. The third-order valence-corrected chi connectivity index (χ3v) is 5.37. The summed E-state index contributed by atoms with van der Waals surface area (Å²) in [5.41, 5.74) is 3.65. The minimum Gasteiger partial charge on any atom is -0.508 e. The Kier molecular flexibility index (Phi) is 5.26. The maximum absolute atomic E-state index is 12.7. The van der Waals surface area contributed by atoms with Crippen LogP contribution >= 0.6 is 0 Å². The van der Waals surface area contributed by atoms with Gasteiger partial charge in [-0.1, -0.05) is 19.0 Å². The molecule has 0 radical (unpaired) electrons. The summed E-state index contributed by atoms with van der Waals surface area (Å²) in [5.74, 6) is -0.130. The lowest BCUT2D eigenvalue weighted by molar-refractivity contribution is 0.0947. The van der Waals surface area contributed by atoms with Gasteiger partial charge in [0.25, 0.3) is 5.91 Å². The van der Waals surface area contributed by atoms with E-state index in [0.29, 0.717) is 29.0 Å². The Hall–Kier alpha value is -3.26. The fraction of sp³-hybridized carbons (Fsp3) is 0.364. The van der Waals surface area contributed by atoms with Gasteiger partial charge in [-0.05, 0) is 30.5 Å². The van der Waals surface area contributed by atoms with Gasteiger partial charge in [0.2, 0.25) is 0 Å². The van der Waals surface area contributed by atoms with E-state index < -0.39 is 0 Å². The van der Waals surface area contributed by atoms with Crippen LogP contribution in [0, 0.1) is 0 Å². The lowest BCUT2D eigenvalue weighted by atomic mass is 9.95. The third-order valence-electron chi connectivity index (χ3n) is 5.37. The first-order valence-electron chi connectivity index (χ1n) is 10.1. The maximum atomic E-state index is 12.7. The van der Waals surface area contributed by atoms with E-state index in [-0.39, 0.29) is 29.0 Å². The summed E-state index contributed by atoms with van der Waals surface area (Å²) in [6.45, 7) is 8.63. The molecule has 4 rings (SSSR count). The van der Waals surface area contributed by atoms with E-state index in [1.54, 1.807) is 6.07 Å². The molecular formula is C22H26N4O4. The van der Waals surface area contributed by atoms with Crippen LogP contribution in [0.1, 0.15) is 48.4 Å². The van der Waals surface area contributed by atoms with Crippen molar-refractivity contribution in [3.63, 3.8) is 0 Å². The molecule has 8 nitrogen and oxygen atoms in total. The Morgan fingerprint density at radius 2 is 2.10 bits per heavy atom. The van der Waals surface area contributed by atoms with Gasteiger partial charge in [0.05, 0.1) is 11.1 Å². The number of phenols is 2. The summed E-state index contributed by atoms with van der Waals surface area (Å²) in [5, 5.41) is 30.9. The molecule has 0 spiro atoms. The molecule has 158 valence electrons. The molecule has 4 N–H and O–H groups in total. The quantitative estimate of drug-likeness (QED) is 0.514. The topological polar surface area (TPSA) is 113 Å². The molecule has 0 bridgehead atoms. The molecule has 0 aliphatic carbocycles. The average molecular weight is 410 g/mol. The van der Waals surface area contributed by atoms with E-state index >= 15 is 0 Å². The second-order valence-corrected chi connectivity index (χ2v) is 7.77. The zero-order valence-corrected chi connectivity index (χ0v) is 17.3. The van der Waals surface area contributed by atoms with Crippen LogP contribution in [-0.4, -0.2) is 38.9 Å². The van der Waals surface area contributed by atoms with Crippen LogP contribution in [0.3, 0.4) is 0 Å². The molecule has 1 aliphatic rings. The Balaban J connectivity index is 1.93. The van der Waals surface area contributed by atoms with Gasteiger partial charge < -0.3 is 29.9 Å². The van der Waals surface area contributed by atoms with Crippen molar-refractivity contribution < 1.29 is 19.5 Å². The van der Waals surface area contributed by atoms with E-state index in [9.17, 15) is 15.0 Å². The molecule has 1 aliphatic heterocycles. The minimum atomic E-state index is -0.341. The highest BCUT2D eigenvalue weighted by Gasteiger charge is 2.28. The van der Waals surface area contributed by atoms with E-state index in [1.165, 1.54) is 6.07 Å². The summed E-state index contributed by atoms with van der Waals surface area (Å²) in [6.07, 6.45) is 1.98. The Labute approximate surface area is 174 Å². The first-order chi connectivity index (χ1) is 14.4. The summed E-state index contributed by atoms with van der Waals surface area (Å²) in [6, 6.07) is 5.00. The van der Waals surface area contributed by atoms with Gasteiger partial charge in [0.15, 0.2) is 11.5 Å². The summed E-state index contributed by atoms with van der Waals surface area (Å²) >= 11 is 0. The lowest BCUT2D eigenvalue weighted by Gasteiger charge is -2.15. The van der Waals surface area contributed by atoms with Crippen LogP contribution in [0.15, 0.2) is 28.9 Å². The predicted octanol–water partition coefficient (Wildman–Crippen LogP) is 3.20. The fourth-order valence-corrected chi connectivity index (χ4v) is 3.84. The number of fused-ring (bicyclic) bond motifs is 1. The van der Waals surface area contributed by atoms with E-state index in [4.69, 9.17) is 4.52 Å². The number of benzene rings is 1. The van der Waals surface area contributed by atoms with Crippen LogP contribution in [0.25, 0.3) is 22.5 Å². The molecular weight excluding hydrogens is 384 g/mol. The molecule has 30 heavy (non-hydrogen) atoms. The average Bonchev–Trinajstić information content (AvgIpc) is 3.31. The number of amides is 1. The van der Waals surface area contributed by atoms with Crippen molar-refractivity contribution in [3.8, 4) is 33.9 Å². The zero-order chi connectivity index (χ0) is 21.4. The minimum absolute atomic E-state index is 0.0154. The summed E-state index contributed by atoms with van der Waals surface area (Å²) < 4.78 is 7.75. The van der Waals surface area contributed by atoms with Gasteiger partial charge in [0, 0.05) is 49.7 Å². The normalized spacial score (nSPS) is 13.5. The van der Waals surface area contributed by atoms with Gasteiger partial charge in [-0.15, -0.1) is 0 Å². The van der Waals surface area contributed by atoms with Crippen molar-refractivity contribution >= 4 is 5.91 Å². The Morgan fingerprint density at radius 3 is 2.80 bits per heavy atom. The third kappa shape index (κ3) is 3.43. The molecule has 0 unspecified atom stereocenters. The van der Waals surface area contributed by atoms with Crippen LogP contribution in [0.5, 0.6) is 11.5 Å². The number of aromatic hydroxyl groups is 2. The van der Waals surface area contributed by atoms with E-state index in [0.717, 1.165) is 30.9 Å². The van der Waals surface area contributed by atoms with Crippen LogP contribution in [0.4, 0.5) is 0 Å². The highest BCUT2D eigenvalue weighted by molar-refractivity contribution is 6.02. The molecule has 0 saturated heterocycles. The number of hydrogen-bond acceptors (Lipinski definition) is 6. The second-order valence-electron chi connectivity index (χ2n) is 7.77. The van der Waals surface area contributed by atoms with E-state index in [2.05, 4.69) is 20.4 Å². The smallest absolute Gasteiger partial charge is 0.274 e. The molecule has 0 saturated carbocycles. The van der Waals surface area contributed by atoms with Crippen LogP contribution < -0.4 is 10.6 Å². The number of rotatable bonds is 5. The second kappa shape index (κ2) is 7.87. The van der Waals surface area contributed by atoms with Gasteiger partial charge in [0.1, 0.15) is 11.5 Å². The largest absolute Gasteiger partial charge is 0.508 e. The standard InChI is InChI=1S/C22H26N4O4/c1-4-24-22(29)20-19(13-7-14-10-23-5-6-26(14)11-13)21(30-25-20)16-8-15(12(2)3)17(27)9-18(16)28/h7-9,11-12,23,27-28H,4-6,10H2,1-3H3,(H,24,29). The number of hydrogen-bond donors (Lipinski definition) is 4. The number of aromatic nitrogens is 2. The molecule has 1 aromatic carbocycles. The molecule has 0 fully saturated rings. The molecule has 2 aromatic heterocycles. The maximum Gasteiger partial charge on any atom is 0.274 e. The first-order valence-corrected chi connectivity index (χ1v) is 10.1. The summed E-state index contributed by atoms with van der Waals surface area (Å²) in [4.78, 5) is 12.7. The number of phenolic OH excluding ortho intramolecular Hbond substituents is 2. The predicted molar refractivity (Wildman–Crippen MR) is 112 cm³/mol. The van der Waals surface area contributed by atoms with Crippen molar-refractivity contribution in [1.82, 2.24) is 20.4 Å².